The van der Waals surface area contributed by atoms with Crippen molar-refractivity contribution in [2.24, 2.45) is 0 Å². The second-order valence-electron chi connectivity index (χ2n) is 4.34. The number of rotatable bonds is 6. The number of benzene rings is 1. The van der Waals surface area contributed by atoms with Gasteiger partial charge in [-0.2, -0.15) is 0 Å². The Morgan fingerprint density at radius 3 is 1.76 bits per heavy atom. The minimum atomic E-state index is 0.163. The Morgan fingerprint density at radius 2 is 1.41 bits per heavy atom. The van der Waals surface area contributed by atoms with Crippen LogP contribution >= 0.6 is 0 Å². The molecule has 3 heteroatoms. The predicted molar refractivity (Wildman–Crippen MR) is 71.6 cm³/mol. The van der Waals surface area contributed by atoms with E-state index in [9.17, 15) is 0 Å². The van der Waals surface area contributed by atoms with Crippen molar-refractivity contribution in [1.29, 1.82) is 0 Å². The number of para-hydroxylation sites is 1. The molecule has 1 aromatic rings. The maximum atomic E-state index is 6.04. The molecule has 0 amide bonds. The highest BCUT2D eigenvalue weighted by Gasteiger charge is 2.11. The maximum absolute atomic E-state index is 6.04. The van der Waals surface area contributed by atoms with Crippen LogP contribution in [0.3, 0.4) is 0 Å². The van der Waals surface area contributed by atoms with E-state index in [2.05, 4.69) is 13.8 Å². The standard InChI is InChI=1S/C14H23NO2/c1-5-10(3)16-12-8-7-9-13(14(12)15)17-11(4)6-2/h7-11H,5-6,15H2,1-4H3. The number of hydrogen-bond donors (Lipinski definition) is 1. The molecule has 96 valence electrons. The van der Waals surface area contributed by atoms with Crippen LogP contribution in [-0.4, -0.2) is 12.2 Å². The zero-order valence-corrected chi connectivity index (χ0v) is 11.2. The number of ether oxygens (including phenoxy) is 2. The molecule has 2 N–H and O–H groups in total. The fourth-order valence-corrected chi connectivity index (χ4v) is 1.33. The van der Waals surface area contributed by atoms with Crippen molar-refractivity contribution in [2.75, 3.05) is 5.73 Å². The molecule has 0 heterocycles. The highest BCUT2D eigenvalue weighted by atomic mass is 16.5. The van der Waals surface area contributed by atoms with Crippen molar-refractivity contribution >= 4 is 5.69 Å². The van der Waals surface area contributed by atoms with Gasteiger partial charge in [-0.1, -0.05) is 19.9 Å². The minimum absolute atomic E-state index is 0.163. The number of anilines is 1. The van der Waals surface area contributed by atoms with Crippen molar-refractivity contribution < 1.29 is 9.47 Å². The lowest BCUT2D eigenvalue weighted by Crippen LogP contribution is -2.14. The average Bonchev–Trinajstić information content (AvgIpc) is 2.33. The lowest BCUT2D eigenvalue weighted by Gasteiger charge is -2.18. The second-order valence-corrected chi connectivity index (χ2v) is 4.34. The summed E-state index contributed by atoms with van der Waals surface area (Å²) in [4.78, 5) is 0. The third-order valence-corrected chi connectivity index (χ3v) is 2.83. The van der Waals surface area contributed by atoms with Crippen LogP contribution in [0.2, 0.25) is 0 Å². The first-order chi connectivity index (χ1) is 8.08. The van der Waals surface area contributed by atoms with Gasteiger partial charge in [0.2, 0.25) is 0 Å². The van der Waals surface area contributed by atoms with Gasteiger partial charge in [0, 0.05) is 0 Å². The molecule has 0 aliphatic carbocycles. The second kappa shape index (κ2) is 6.38. The molecule has 0 saturated heterocycles. The van der Waals surface area contributed by atoms with Gasteiger partial charge < -0.3 is 15.2 Å². The van der Waals surface area contributed by atoms with Gasteiger partial charge in [-0.15, -0.1) is 0 Å². The van der Waals surface area contributed by atoms with E-state index in [1.54, 1.807) is 0 Å². The summed E-state index contributed by atoms with van der Waals surface area (Å²) in [7, 11) is 0. The summed E-state index contributed by atoms with van der Waals surface area (Å²) in [6.45, 7) is 8.23. The van der Waals surface area contributed by atoms with Crippen molar-refractivity contribution in [1.82, 2.24) is 0 Å². The molecule has 0 spiro atoms. The van der Waals surface area contributed by atoms with Crippen molar-refractivity contribution in [3.63, 3.8) is 0 Å². The van der Waals surface area contributed by atoms with Crippen LogP contribution in [0.1, 0.15) is 40.5 Å². The zero-order valence-electron chi connectivity index (χ0n) is 11.2. The Bertz CT molecular complexity index is 322. The van der Waals surface area contributed by atoms with Gasteiger partial charge in [0.1, 0.15) is 17.2 Å². The van der Waals surface area contributed by atoms with Crippen LogP contribution in [0.15, 0.2) is 18.2 Å². The third-order valence-electron chi connectivity index (χ3n) is 2.83. The molecule has 2 unspecified atom stereocenters. The summed E-state index contributed by atoms with van der Waals surface area (Å²) in [6, 6.07) is 5.67. The van der Waals surface area contributed by atoms with E-state index >= 15 is 0 Å². The first-order valence-electron chi connectivity index (χ1n) is 6.30. The first kappa shape index (κ1) is 13.7. The van der Waals surface area contributed by atoms with Gasteiger partial charge in [0.25, 0.3) is 0 Å². The first-order valence-corrected chi connectivity index (χ1v) is 6.30. The minimum Gasteiger partial charge on any atom is -0.488 e. The molecule has 0 fully saturated rings. The molecule has 3 nitrogen and oxygen atoms in total. The largest absolute Gasteiger partial charge is 0.488 e. The molecule has 1 rings (SSSR count). The van der Waals surface area contributed by atoms with Crippen molar-refractivity contribution in [2.45, 2.75) is 52.7 Å². The average molecular weight is 237 g/mol. The van der Waals surface area contributed by atoms with Gasteiger partial charge in [-0.05, 0) is 38.8 Å². The smallest absolute Gasteiger partial charge is 0.146 e. The van der Waals surface area contributed by atoms with Crippen molar-refractivity contribution in [3.05, 3.63) is 18.2 Å². The van der Waals surface area contributed by atoms with E-state index in [1.165, 1.54) is 0 Å². The number of nitrogens with two attached hydrogens (primary N) is 1. The number of hydrogen-bond acceptors (Lipinski definition) is 3. The van der Waals surface area contributed by atoms with E-state index in [0.717, 1.165) is 12.8 Å². The van der Waals surface area contributed by atoms with E-state index in [4.69, 9.17) is 15.2 Å². The van der Waals surface area contributed by atoms with Gasteiger partial charge in [0.15, 0.2) is 0 Å². The van der Waals surface area contributed by atoms with Crippen LogP contribution in [0.25, 0.3) is 0 Å². The summed E-state index contributed by atoms with van der Waals surface area (Å²) >= 11 is 0. The molecule has 0 bridgehead atoms. The molecule has 1 aromatic carbocycles. The maximum Gasteiger partial charge on any atom is 0.146 e. The summed E-state index contributed by atoms with van der Waals surface area (Å²) in [5.74, 6) is 1.42. The molecule has 0 aromatic heterocycles. The van der Waals surface area contributed by atoms with Crippen LogP contribution in [0.4, 0.5) is 5.69 Å². The summed E-state index contributed by atoms with van der Waals surface area (Å²) in [6.07, 6.45) is 2.23. The Kier molecular flexibility index (Phi) is 5.13. The fourth-order valence-electron chi connectivity index (χ4n) is 1.33. The molecular formula is C14H23NO2. The van der Waals surface area contributed by atoms with Crippen LogP contribution in [-0.2, 0) is 0 Å². The molecule has 0 aliphatic heterocycles. The monoisotopic (exact) mass is 237 g/mol. The fraction of sp³-hybridized carbons (Fsp3) is 0.571. The normalized spacial score (nSPS) is 14.1. The van der Waals surface area contributed by atoms with E-state index in [1.807, 2.05) is 32.0 Å². The molecule has 17 heavy (non-hydrogen) atoms. The Morgan fingerprint density at radius 1 is 1.00 bits per heavy atom. The molecule has 2 atom stereocenters. The van der Waals surface area contributed by atoms with Crippen molar-refractivity contribution in [3.8, 4) is 11.5 Å². The van der Waals surface area contributed by atoms with Gasteiger partial charge in [-0.3, -0.25) is 0 Å². The molecule has 0 aliphatic rings. The summed E-state index contributed by atoms with van der Waals surface area (Å²) in [5.41, 5.74) is 6.63. The van der Waals surface area contributed by atoms with Crippen LogP contribution < -0.4 is 15.2 Å². The van der Waals surface area contributed by atoms with Gasteiger partial charge >= 0.3 is 0 Å². The number of nitrogen functional groups attached to an aromatic ring is 1. The Hall–Kier alpha value is -1.38. The Labute approximate surface area is 104 Å². The van der Waals surface area contributed by atoms with E-state index < -0.39 is 0 Å². The quantitative estimate of drug-likeness (QED) is 0.768. The highest BCUT2D eigenvalue weighted by molar-refractivity contribution is 5.62. The van der Waals surface area contributed by atoms with Gasteiger partial charge in [0.05, 0.1) is 12.2 Å². The summed E-state index contributed by atoms with van der Waals surface area (Å²) < 4.78 is 11.5. The van der Waals surface area contributed by atoms with E-state index in [-0.39, 0.29) is 12.2 Å². The predicted octanol–water partition coefficient (Wildman–Crippen LogP) is 3.62. The lowest BCUT2D eigenvalue weighted by molar-refractivity contribution is 0.207. The van der Waals surface area contributed by atoms with Crippen LogP contribution in [0, 0.1) is 0 Å². The molecular weight excluding hydrogens is 214 g/mol. The zero-order chi connectivity index (χ0) is 12.8. The van der Waals surface area contributed by atoms with E-state index in [0.29, 0.717) is 17.2 Å². The topological polar surface area (TPSA) is 44.5 Å². The molecule has 0 saturated carbocycles. The van der Waals surface area contributed by atoms with Gasteiger partial charge in [-0.25, -0.2) is 0 Å². The van der Waals surface area contributed by atoms with Crippen LogP contribution in [0.5, 0.6) is 11.5 Å². The lowest BCUT2D eigenvalue weighted by atomic mass is 10.2. The SMILES string of the molecule is CCC(C)Oc1cccc(OC(C)CC)c1N. The third kappa shape index (κ3) is 3.84. The highest BCUT2D eigenvalue weighted by Crippen LogP contribution is 2.33. The summed E-state index contributed by atoms with van der Waals surface area (Å²) in [5, 5.41) is 0. The molecule has 0 radical (unpaired) electrons. The Balaban J connectivity index is 2.83.